The summed E-state index contributed by atoms with van der Waals surface area (Å²) < 4.78 is 10.9. The standard InChI is InChI=1S/C17H27NO2/c1-5-10-18-13-8-9-17(2,12-13)15-7-6-14(19-3)11-16(15)20-4/h6-7,11,13,18H,5,8-10,12H2,1-4H3. The molecule has 20 heavy (non-hydrogen) atoms. The Morgan fingerprint density at radius 2 is 2.10 bits per heavy atom. The van der Waals surface area contributed by atoms with Gasteiger partial charge in [0.1, 0.15) is 11.5 Å². The Labute approximate surface area is 122 Å². The maximum atomic E-state index is 5.58. The molecular formula is C17H27NO2. The molecule has 1 aromatic rings. The van der Waals surface area contributed by atoms with Gasteiger partial charge in [-0.1, -0.05) is 19.9 Å². The monoisotopic (exact) mass is 277 g/mol. The van der Waals surface area contributed by atoms with Gasteiger partial charge in [-0.2, -0.15) is 0 Å². The van der Waals surface area contributed by atoms with Crippen LogP contribution in [-0.4, -0.2) is 26.8 Å². The first-order valence-corrected chi connectivity index (χ1v) is 7.59. The third kappa shape index (κ3) is 3.09. The average molecular weight is 277 g/mol. The highest BCUT2D eigenvalue weighted by molar-refractivity contribution is 5.45. The second-order valence-corrected chi connectivity index (χ2v) is 6.02. The number of nitrogens with one attached hydrogen (secondary N) is 1. The van der Waals surface area contributed by atoms with Crippen molar-refractivity contribution in [3.63, 3.8) is 0 Å². The SMILES string of the molecule is CCCNC1CCC(C)(c2ccc(OC)cc2OC)C1. The molecule has 1 saturated carbocycles. The van der Waals surface area contributed by atoms with Crippen LogP contribution in [0, 0.1) is 0 Å². The highest BCUT2D eigenvalue weighted by atomic mass is 16.5. The fourth-order valence-corrected chi connectivity index (χ4v) is 3.31. The molecule has 0 aromatic heterocycles. The largest absolute Gasteiger partial charge is 0.497 e. The highest BCUT2D eigenvalue weighted by Crippen LogP contribution is 2.45. The van der Waals surface area contributed by atoms with E-state index in [1.54, 1.807) is 14.2 Å². The van der Waals surface area contributed by atoms with E-state index in [-0.39, 0.29) is 5.41 Å². The number of rotatable bonds is 6. The van der Waals surface area contributed by atoms with Crippen LogP contribution in [0.3, 0.4) is 0 Å². The third-order valence-corrected chi connectivity index (χ3v) is 4.48. The lowest BCUT2D eigenvalue weighted by molar-refractivity contribution is 0.372. The lowest BCUT2D eigenvalue weighted by atomic mass is 9.80. The molecule has 0 aliphatic heterocycles. The van der Waals surface area contributed by atoms with Gasteiger partial charge in [-0.3, -0.25) is 0 Å². The second-order valence-electron chi connectivity index (χ2n) is 6.02. The molecular weight excluding hydrogens is 250 g/mol. The lowest BCUT2D eigenvalue weighted by Crippen LogP contribution is -2.29. The second kappa shape index (κ2) is 6.49. The molecule has 0 spiro atoms. The minimum absolute atomic E-state index is 0.197. The van der Waals surface area contributed by atoms with Gasteiger partial charge in [-0.05, 0) is 43.7 Å². The van der Waals surface area contributed by atoms with Crippen LogP contribution in [0.1, 0.15) is 45.1 Å². The zero-order valence-corrected chi connectivity index (χ0v) is 13.2. The van der Waals surface area contributed by atoms with Gasteiger partial charge in [0.25, 0.3) is 0 Å². The van der Waals surface area contributed by atoms with Crippen LogP contribution in [0.15, 0.2) is 18.2 Å². The summed E-state index contributed by atoms with van der Waals surface area (Å²) in [5.41, 5.74) is 1.50. The molecule has 2 atom stereocenters. The summed E-state index contributed by atoms with van der Waals surface area (Å²) >= 11 is 0. The summed E-state index contributed by atoms with van der Waals surface area (Å²) in [6, 6.07) is 6.83. The molecule has 0 amide bonds. The fraction of sp³-hybridized carbons (Fsp3) is 0.647. The first-order chi connectivity index (χ1) is 9.62. The molecule has 0 heterocycles. The van der Waals surface area contributed by atoms with Crippen LogP contribution in [0.4, 0.5) is 0 Å². The Morgan fingerprint density at radius 3 is 2.75 bits per heavy atom. The van der Waals surface area contributed by atoms with Crippen molar-refractivity contribution < 1.29 is 9.47 Å². The van der Waals surface area contributed by atoms with E-state index in [0.29, 0.717) is 6.04 Å². The summed E-state index contributed by atoms with van der Waals surface area (Å²) in [5.74, 6) is 1.80. The maximum Gasteiger partial charge on any atom is 0.126 e. The predicted molar refractivity (Wildman–Crippen MR) is 82.8 cm³/mol. The molecule has 0 radical (unpaired) electrons. The van der Waals surface area contributed by atoms with Crippen molar-refractivity contribution in [2.75, 3.05) is 20.8 Å². The first-order valence-electron chi connectivity index (χ1n) is 7.59. The normalized spacial score (nSPS) is 25.7. The van der Waals surface area contributed by atoms with Crippen molar-refractivity contribution in [3.8, 4) is 11.5 Å². The molecule has 1 fully saturated rings. The van der Waals surface area contributed by atoms with Crippen molar-refractivity contribution in [1.82, 2.24) is 5.32 Å². The average Bonchev–Trinajstić information content (AvgIpc) is 2.87. The van der Waals surface area contributed by atoms with Gasteiger partial charge in [0.2, 0.25) is 0 Å². The lowest BCUT2D eigenvalue weighted by Gasteiger charge is -2.27. The van der Waals surface area contributed by atoms with Crippen LogP contribution in [-0.2, 0) is 5.41 Å². The van der Waals surface area contributed by atoms with Crippen molar-refractivity contribution >= 4 is 0 Å². The number of hydrogen-bond donors (Lipinski definition) is 1. The van der Waals surface area contributed by atoms with Gasteiger partial charge in [0.15, 0.2) is 0 Å². The van der Waals surface area contributed by atoms with Gasteiger partial charge in [0.05, 0.1) is 14.2 Å². The number of ether oxygens (including phenoxy) is 2. The summed E-state index contributed by atoms with van der Waals surface area (Å²) in [5, 5.41) is 3.65. The maximum absolute atomic E-state index is 5.58. The van der Waals surface area contributed by atoms with Gasteiger partial charge >= 0.3 is 0 Å². The van der Waals surface area contributed by atoms with E-state index < -0.39 is 0 Å². The Hall–Kier alpha value is -1.22. The molecule has 3 nitrogen and oxygen atoms in total. The van der Waals surface area contributed by atoms with E-state index in [1.807, 2.05) is 12.1 Å². The Kier molecular flexibility index (Phi) is 4.92. The van der Waals surface area contributed by atoms with Crippen LogP contribution >= 0.6 is 0 Å². The number of hydrogen-bond acceptors (Lipinski definition) is 3. The number of methoxy groups -OCH3 is 2. The van der Waals surface area contributed by atoms with Gasteiger partial charge in [-0.25, -0.2) is 0 Å². The smallest absolute Gasteiger partial charge is 0.126 e. The Morgan fingerprint density at radius 1 is 1.30 bits per heavy atom. The fourth-order valence-electron chi connectivity index (χ4n) is 3.31. The molecule has 0 saturated heterocycles. The van der Waals surface area contributed by atoms with Crippen molar-refractivity contribution in [1.29, 1.82) is 0 Å². The molecule has 2 rings (SSSR count). The third-order valence-electron chi connectivity index (χ3n) is 4.48. The van der Waals surface area contributed by atoms with Crippen molar-refractivity contribution in [2.24, 2.45) is 0 Å². The van der Waals surface area contributed by atoms with Gasteiger partial charge in [0, 0.05) is 17.7 Å². The van der Waals surface area contributed by atoms with E-state index in [4.69, 9.17) is 9.47 Å². The quantitative estimate of drug-likeness (QED) is 0.863. The molecule has 112 valence electrons. The van der Waals surface area contributed by atoms with E-state index in [0.717, 1.165) is 18.0 Å². The Bertz CT molecular complexity index is 447. The summed E-state index contributed by atoms with van der Waals surface area (Å²) in [6.07, 6.45) is 4.82. The van der Waals surface area contributed by atoms with E-state index in [9.17, 15) is 0 Å². The van der Waals surface area contributed by atoms with E-state index in [2.05, 4.69) is 25.2 Å². The zero-order valence-electron chi connectivity index (χ0n) is 13.2. The van der Waals surface area contributed by atoms with Crippen molar-refractivity contribution in [3.05, 3.63) is 23.8 Å². The summed E-state index contributed by atoms with van der Waals surface area (Å²) in [4.78, 5) is 0. The molecule has 1 aromatic carbocycles. The topological polar surface area (TPSA) is 30.5 Å². The molecule has 2 unspecified atom stereocenters. The minimum atomic E-state index is 0.197. The first kappa shape index (κ1) is 15.2. The number of benzene rings is 1. The van der Waals surface area contributed by atoms with E-state index >= 15 is 0 Å². The highest BCUT2D eigenvalue weighted by Gasteiger charge is 2.38. The van der Waals surface area contributed by atoms with Crippen LogP contribution in [0.5, 0.6) is 11.5 Å². The molecule has 1 aliphatic carbocycles. The van der Waals surface area contributed by atoms with Crippen molar-refractivity contribution in [2.45, 2.75) is 51.0 Å². The van der Waals surface area contributed by atoms with E-state index in [1.165, 1.54) is 31.2 Å². The zero-order chi connectivity index (χ0) is 14.6. The Balaban J connectivity index is 2.18. The minimum Gasteiger partial charge on any atom is -0.497 e. The molecule has 0 bridgehead atoms. The van der Waals surface area contributed by atoms with Gasteiger partial charge in [-0.15, -0.1) is 0 Å². The van der Waals surface area contributed by atoms with Gasteiger partial charge < -0.3 is 14.8 Å². The van der Waals surface area contributed by atoms with Crippen LogP contribution < -0.4 is 14.8 Å². The summed E-state index contributed by atoms with van der Waals surface area (Å²) in [7, 11) is 3.43. The summed E-state index contributed by atoms with van der Waals surface area (Å²) in [6.45, 7) is 5.68. The van der Waals surface area contributed by atoms with Crippen LogP contribution in [0.2, 0.25) is 0 Å². The molecule has 1 N–H and O–H groups in total. The predicted octanol–water partition coefficient (Wildman–Crippen LogP) is 3.51. The van der Waals surface area contributed by atoms with Crippen LogP contribution in [0.25, 0.3) is 0 Å². The molecule has 1 aliphatic rings. The molecule has 3 heteroatoms.